The molecule has 4 aliphatic rings. The molecule has 0 bridgehead atoms. The van der Waals surface area contributed by atoms with Gasteiger partial charge in [0.25, 0.3) is 20.2 Å². The predicted octanol–water partition coefficient (Wildman–Crippen LogP) is 15.0. The van der Waals surface area contributed by atoms with Gasteiger partial charge >= 0.3 is 0 Å². The van der Waals surface area contributed by atoms with Crippen molar-refractivity contribution in [2.24, 2.45) is 0 Å². The van der Waals surface area contributed by atoms with Crippen molar-refractivity contribution in [3.05, 3.63) is 190 Å². The Kier molecular flexibility index (Phi) is 13.7. The normalized spacial score (nSPS) is 19.4. The molecule has 10 rings (SSSR count). The van der Waals surface area contributed by atoms with Crippen molar-refractivity contribution in [1.29, 1.82) is 0 Å². The summed E-state index contributed by atoms with van der Waals surface area (Å²) in [5.74, 6) is 0. The minimum atomic E-state index is -4.09. The number of hydrogen-bond donors (Lipinski definition) is 0. The molecule has 6 aromatic carbocycles. The summed E-state index contributed by atoms with van der Waals surface area (Å²) < 4.78 is 70.6. The minimum absolute atomic E-state index is 0.0248. The summed E-state index contributed by atoms with van der Waals surface area (Å²) in [4.78, 5) is 2.84. The van der Waals surface area contributed by atoms with E-state index in [-0.39, 0.29) is 23.0 Å². The molecule has 0 radical (unpaired) electrons. The van der Waals surface area contributed by atoms with Crippen molar-refractivity contribution in [2.45, 2.75) is 139 Å². The maximum absolute atomic E-state index is 14.1. The van der Waals surface area contributed by atoms with Gasteiger partial charge in [0.15, 0.2) is 5.71 Å². The average Bonchev–Trinajstić information content (AvgIpc) is 3.80. The fourth-order valence-corrected chi connectivity index (χ4v) is 15.4. The van der Waals surface area contributed by atoms with Gasteiger partial charge in [-0.25, -0.2) is 0 Å². The highest BCUT2D eigenvalue weighted by Gasteiger charge is 2.49. The molecule has 75 heavy (non-hydrogen) atoms. The van der Waals surface area contributed by atoms with Gasteiger partial charge in [0.2, 0.25) is 5.69 Å². The third kappa shape index (κ3) is 9.38. The van der Waals surface area contributed by atoms with Crippen molar-refractivity contribution in [3.8, 4) is 0 Å². The van der Waals surface area contributed by atoms with Crippen LogP contribution in [-0.4, -0.2) is 53.4 Å². The van der Waals surface area contributed by atoms with Crippen LogP contribution in [0.25, 0.3) is 21.5 Å². The zero-order valence-corrected chi connectivity index (χ0v) is 47.1. The van der Waals surface area contributed by atoms with Crippen molar-refractivity contribution in [1.82, 2.24) is 0 Å². The third-order valence-electron chi connectivity index (χ3n) is 16.5. The molecule has 2 aliphatic heterocycles. The number of nitrogens with zero attached hydrogens (tertiary/aromatic N) is 2. The molecule has 8 nitrogen and oxygen atoms in total. The summed E-state index contributed by atoms with van der Waals surface area (Å²) in [6, 6.07) is 39.2. The van der Waals surface area contributed by atoms with E-state index in [1.165, 1.54) is 33.7 Å². The largest absolute Gasteiger partial charge is 0.344 e. The smallest absolute Gasteiger partial charge is 0.297 e. The number of likely N-dealkylation sites (N-methyl/N-ethyl adjacent to an activating group) is 1. The molecule has 2 aliphatic carbocycles. The molecule has 0 spiro atoms. The van der Waals surface area contributed by atoms with Crippen LogP contribution < -0.4 is 4.90 Å². The molecule has 0 aromatic heterocycles. The Morgan fingerprint density at radius 1 is 0.587 bits per heavy atom. The maximum atomic E-state index is 14.1. The van der Waals surface area contributed by atoms with Crippen LogP contribution in [0.4, 0.5) is 11.4 Å². The minimum Gasteiger partial charge on any atom is -0.344 e. The monoisotopic (exact) mass is 1040 g/mol. The fourth-order valence-electron chi connectivity index (χ4n) is 12.9. The lowest BCUT2D eigenvalue weighted by Gasteiger charge is -2.31. The van der Waals surface area contributed by atoms with Crippen molar-refractivity contribution >= 4 is 58.9 Å². The van der Waals surface area contributed by atoms with Gasteiger partial charge in [-0.05, 0) is 141 Å². The predicted molar refractivity (Wildman–Crippen MR) is 307 cm³/mol. The van der Waals surface area contributed by atoms with Crippen LogP contribution >= 0.6 is 0 Å². The number of benzene rings is 6. The van der Waals surface area contributed by atoms with E-state index in [4.69, 9.17) is 8.37 Å². The number of anilines is 1. The molecule has 0 saturated carbocycles. The second kappa shape index (κ2) is 19.6. The van der Waals surface area contributed by atoms with Crippen molar-refractivity contribution in [2.75, 3.05) is 31.2 Å². The standard InChI is InChI=1S/C65H73N2O6S2/c1-11-66-54-37-35-50-52(31-21-33-56(50)74(68,69)72-42-62(3,4)48-27-15-13-16-28-48)58(54)64(7,8)60(66)46-25-19-23-44(40-46)39-45-24-20-26-47(41-45)61-65(9,10)59-53-32-22-34-57(51(53)36-38-55(59)67(61)12-2)75(70,71)73-43-63(5,6)49-29-17-14-18-30-49/h13-18,21-22,27-41H,11-12,19-20,23-26,42-43H2,1-10H3/q+1. The Labute approximate surface area is 446 Å². The van der Waals surface area contributed by atoms with Gasteiger partial charge in [-0.1, -0.05) is 145 Å². The van der Waals surface area contributed by atoms with Gasteiger partial charge < -0.3 is 4.90 Å². The number of fused-ring (bicyclic) bond motifs is 6. The van der Waals surface area contributed by atoms with Crippen LogP contribution in [0, 0.1) is 0 Å². The van der Waals surface area contributed by atoms with Crippen LogP contribution in [-0.2, 0) is 50.3 Å². The van der Waals surface area contributed by atoms with E-state index in [2.05, 4.69) is 93.5 Å². The van der Waals surface area contributed by atoms with Gasteiger partial charge in [-0.3, -0.25) is 8.37 Å². The molecule has 390 valence electrons. The quantitative estimate of drug-likeness (QED) is 0.0792. The first-order chi connectivity index (χ1) is 35.6. The molecule has 6 aromatic rings. The molecule has 2 heterocycles. The van der Waals surface area contributed by atoms with Gasteiger partial charge in [0.1, 0.15) is 16.3 Å². The highest BCUT2D eigenvalue weighted by molar-refractivity contribution is 7.87. The van der Waals surface area contributed by atoms with Crippen molar-refractivity contribution < 1.29 is 29.8 Å². The first-order valence-corrected chi connectivity index (χ1v) is 29.7. The van der Waals surface area contributed by atoms with Crippen LogP contribution in [0.2, 0.25) is 0 Å². The first-order valence-electron chi connectivity index (χ1n) is 26.9. The average molecular weight is 1040 g/mol. The Bertz CT molecular complexity index is 3650. The molecular weight excluding hydrogens is 969 g/mol. The fraction of sp³-hybridized carbons (Fsp3) is 0.369. The van der Waals surface area contributed by atoms with Crippen LogP contribution in [0.5, 0.6) is 0 Å². The summed E-state index contributed by atoms with van der Waals surface area (Å²) in [6.45, 7) is 23.2. The lowest BCUT2D eigenvalue weighted by Crippen LogP contribution is -2.32. The number of rotatable bonds is 14. The van der Waals surface area contributed by atoms with E-state index in [1.807, 2.05) is 113 Å². The van der Waals surface area contributed by atoms with Gasteiger partial charge in [-0.2, -0.15) is 21.4 Å². The topological polar surface area (TPSA) is 93.0 Å². The molecule has 0 atom stereocenters. The Hall–Kier alpha value is -5.91. The summed E-state index contributed by atoms with van der Waals surface area (Å²) in [5.41, 5.74) is 12.6. The zero-order valence-electron chi connectivity index (χ0n) is 45.5. The van der Waals surface area contributed by atoms with Crippen molar-refractivity contribution in [3.63, 3.8) is 0 Å². The lowest BCUT2D eigenvalue weighted by molar-refractivity contribution is -0.433. The van der Waals surface area contributed by atoms with E-state index in [1.54, 1.807) is 12.1 Å². The van der Waals surface area contributed by atoms with E-state index in [0.29, 0.717) is 10.8 Å². The number of allylic oxidation sites excluding steroid dienone is 8. The Morgan fingerprint density at radius 2 is 1.13 bits per heavy atom. The molecule has 0 N–H and O–H groups in total. The first kappa shape index (κ1) is 52.5. The molecule has 0 fully saturated rings. The highest BCUT2D eigenvalue weighted by atomic mass is 32.2. The summed E-state index contributed by atoms with van der Waals surface area (Å²) >= 11 is 0. The van der Waals surface area contributed by atoms with Gasteiger partial charge in [0.05, 0.1) is 18.6 Å². The molecule has 0 unspecified atom stereocenters. The third-order valence-corrected chi connectivity index (χ3v) is 19.2. The zero-order chi connectivity index (χ0) is 53.3. The molecule has 0 amide bonds. The van der Waals surface area contributed by atoms with Crippen LogP contribution in [0.3, 0.4) is 0 Å². The second-order valence-electron chi connectivity index (χ2n) is 23.3. The summed E-state index contributed by atoms with van der Waals surface area (Å²) in [7, 11) is -8.19. The number of hydrogen-bond acceptors (Lipinski definition) is 7. The Balaban J connectivity index is 0.952. The SMILES string of the molecule is CCN1C(=C2C=C(C=C3C=C(C4=[N+](CC)c5ccc6c(S(=O)(=O)OCC(C)(C)c7ccccc7)cccc6c5C4(C)C)CCC3)CCC2)C(C)(C)c2c1ccc1c(S(=O)(=O)OCC(C)(C)c3ccccc3)cccc21. The van der Waals surface area contributed by atoms with E-state index >= 15 is 0 Å². The highest BCUT2D eigenvalue weighted by Crippen LogP contribution is 2.54. The second-order valence-corrected chi connectivity index (χ2v) is 26.5. The maximum Gasteiger partial charge on any atom is 0.297 e. The van der Waals surface area contributed by atoms with Gasteiger partial charge in [0, 0.05) is 62.1 Å². The van der Waals surface area contributed by atoms with E-state index < -0.39 is 41.9 Å². The van der Waals surface area contributed by atoms with Crippen LogP contribution in [0.1, 0.15) is 130 Å². The molecule has 10 heteroatoms. The lowest BCUT2D eigenvalue weighted by atomic mass is 9.74. The Morgan fingerprint density at radius 3 is 1.69 bits per heavy atom. The van der Waals surface area contributed by atoms with Gasteiger partial charge in [-0.15, -0.1) is 0 Å². The summed E-state index contributed by atoms with van der Waals surface area (Å²) in [5, 5.41) is 3.22. The van der Waals surface area contributed by atoms with E-state index in [9.17, 15) is 16.8 Å². The molecular formula is C65H73N2O6S2+. The summed E-state index contributed by atoms with van der Waals surface area (Å²) in [6.07, 6.45) is 13.3. The van der Waals surface area contributed by atoms with E-state index in [0.717, 1.165) is 96.0 Å². The molecule has 0 saturated heterocycles. The van der Waals surface area contributed by atoms with Crippen LogP contribution in [0.15, 0.2) is 177 Å².